The van der Waals surface area contributed by atoms with E-state index < -0.39 is 0 Å². The summed E-state index contributed by atoms with van der Waals surface area (Å²) in [6.07, 6.45) is 3.75. The fourth-order valence-corrected chi connectivity index (χ4v) is 8.18. The van der Waals surface area contributed by atoms with Crippen molar-refractivity contribution < 1.29 is 0 Å². The molecule has 6 aromatic carbocycles. The molecule has 0 amide bonds. The topological polar surface area (TPSA) is 92.4 Å². The summed E-state index contributed by atoms with van der Waals surface area (Å²) in [6.45, 7) is 4.56. The lowest BCUT2D eigenvalue weighted by molar-refractivity contribution is 0.632. The van der Waals surface area contributed by atoms with E-state index in [1.165, 1.54) is 11.1 Å². The number of hydrogen-bond acceptors (Lipinski definition) is 5. The van der Waals surface area contributed by atoms with Crippen LogP contribution in [-0.4, -0.2) is 9.55 Å². The minimum Gasteiger partial charge on any atom is -0.310 e. The van der Waals surface area contributed by atoms with Crippen LogP contribution in [0.25, 0.3) is 49.7 Å². The van der Waals surface area contributed by atoms with Gasteiger partial charge in [-0.1, -0.05) is 92.7 Å². The van der Waals surface area contributed by atoms with Gasteiger partial charge in [0.2, 0.25) is 0 Å². The van der Waals surface area contributed by atoms with Crippen LogP contribution in [0.15, 0.2) is 146 Å². The molecule has 8 aromatic rings. The van der Waals surface area contributed by atoms with Gasteiger partial charge in [-0.15, -0.1) is 0 Å². The van der Waals surface area contributed by atoms with Gasteiger partial charge in [0.05, 0.1) is 57.3 Å². The fourth-order valence-electron chi connectivity index (χ4n) is 8.18. The van der Waals surface area contributed by atoms with Crippen LogP contribution in [0.2, 0.25) is 0 Å². The van der Waals surface area contributed by atoms with Crippen molar-refractivity contribution in [3.63, 3.8) is 0 Å². The average Bonchev–Trinajstić information content (AvgIpc) is 3.55. The van der Waals surface area contributed by atoms with E-state index in [-0.39, 0.29) is 22.1 Å². The number of fused-ring (bicyclic) bond motifs is 5. The summed E-state index contributed by atoms with van der Waals surface area (Å²) in [7, 11) is 0. The highest BCUT2D eigenvalue weighted by atomic mass is 15.2. The van der Waals surface area contributed by atoms with Crippen LogP contribution >= 0.6 is 0 Å². The summed E-state index contributed by atoms with van der Waals surface area (Å²) in [5.74, 6) is 0. The predicted octanol–water partition coefficient (Wildman–Crippen LogP) is 11.2. The summed E-state index contributed by atoms with van der Waals surface area (Å²) in [6, 6.07) is 51.9. The molecule has 6 heteroatoms. The first kappa shape index (κ1) is 31.5. The Balaban J connectivity index is 1.39. The molecule has 2 aromatic heterocycles. The molecule has 0 bridgehead atoms. The van der Waals surface area contributed by atoms with Crippen LogP contribution in [0.4, 0.5) is 17.1 Å². The highest BCUT2D eigenvalue weighted by molar-refractivity contribution is 6.09. The van der Waals surface area contributed by atoms with Gasteiger partial charge in [0.15, 0.2) is 0 Å². The van der Waals surface area contributed by atoms with Crippen molar-refractivity contribution in [2.45, 2.75) is 19.3 Å². The molecule has 0 N–H and O–H groups in total. The van der Waals surface area contributed by atoms with Gasteiger partial charge in [0, 0.05) is 45.5 Å². The molecular formula is C47H30N6. The lowest BCUT2D eigenvalue weighted by atomic mass is 9.73. The monoisotopic (exact) mass is 678 g/mol. The van der Waals surface area contributed by atoms with Crippen LogP contribution in [0.1, 0.15) is 41.7 Å². The van der Waals surface area contributed by atoms with E-state index in [1.54, 1.807) is 12.1 Å². The van der Waals surface area contributed by atoms with Crippen molar-refractivity contribution in [3.8, 4) is 46.1 Å². The summed E-state index contributed by atoms with van der Waals surface area (Å²) < 4.78 is 2.29. The number of hydrogen-bond donors (Lipinski definition) is 0. The normalized spacial score (nSPS) is 12.8. The van der Waals surface area contributed by atoms with E-state index in [9.17, 15) is 15.8 Å². The molecule has 0 unspecified atom stereocenters. The molecular weight excluding hydrogens is 649 g/mol. The SMILES string of the molecule is CC1(C)c2ccccc2N(c2cc(-c3ccccc3-c3c(C#N)cc(C#N)cc3C#N)cc(-n3c4ccccc4c4cnccc43)c2)c2ccccc21. The standard InChI is InChI=1S/C47H30N6/c1-47(2)40-14-6-9-17-44(40)53(45-18-10-7-15-41(45)47)35-24-31(23-34(25-35)52-42-16-8-5-12-37(42)39-29-51-20-19-43(39)52)36-11-3-4-13-38(36)46-32(27-49)21-30(26-48)22-33(46)28-50/h3-25,29H,1-2H3. The maximum absolute atomic E-state index is 10.3. The van der Waals surface area contributed by atoms with Gasteiger partial charge in [-0.25, -0.2) is 0 Å². The molecule has 0 spiro atoms. The Kier molecular flexibility index (Phi) is 7.19. The Bertz CT molecular complexity index is 2790. The lowest BCUT2D eigenvalue weighted by Gasteiger charge is -2.42. The van der Waals surface area contributed by atoms with Crippen molar-refractivity contribution in [2.75, 3.05) is 4.90 Å². The molecule has 1 aliphatic heterocycles. The van der Waals surface area contributed by atoms with E-state index in [0.717, 1.165) is 61.2 Å². The third-order valence-corrected chi connectivity index (χ3v) is 10.5. The molecule has 0 saturated heterocycles. The molecule has 0 fully saturated rings. The Morgan fingerprint density at radius 1 is 0.566 bits per heavy atom. The second kappa shape index (κ2) is 12.1. The molecule has 248 valence electrons. The highest BCUT2D eigenvalue weighted by Gasteiger charge is 2.36. The van der Waals surface area contributed by atoms with Gasteiger partial charge in [0.1, 0.15) is 0 Å². The number of benzene rings is 6. The quantitative estimate of drug-likeness (QED) is 0.185. The van der Waals surface area contributed by atoms with E-state index in [2.05, 4.69) is 144 Å². The van der Waals surface area contributed by atoms with E-state index in [4.69, 9.17) is 0 Å². The molecule has 53 heavy (non-hydrogen) atoms. The van der Waals surface area contributed by atoms with E-state index >= 15 is 0 Å². The molecule has 0 radical (unpaired) electrons. The summed E-state index contributed by atoms with van der Waals surface area (Å²) in [5, 5.41) is 32.5. The molecule has 0 aliphatic carbocycles. The Labute approximate surface area is 307 Å². The van der Waals surface area contributed by atoms with Crippen LogP contribution in [0.3, 0.4) is 0 Å². The number of aromatic nitrogens is 2. The first-order chi connectivity index (χ1) is 25.9. The van der Waals surface area contributed by atoms with Gasteiger partial charge in [0.25, 0.3) is 0 Å². The van der Waals surface area contributed by atoms with E-state index in [1.807, 2.05) is 36.7 Å². The van der Waals surface area contributed by atoms with Crippen molar-refractivity contribution in [2.24, 2.45) is 0 Å². The van der Waals surface area contributed by atoms with Crippen molar-refractivity contribution >= 4 is 38.9 Å². The smallest absolute Gasteiger partial charge is 0.0999 e. The molecule has 6 nitrogen and oxygen atoms in total. The second-order valence-corrected chi connectivity index (χ2v) is 13.8. The maximum Gasteiger partial charge on any atom is 0.0999 e. The fraction of sp³-hybridized carbons (Fsp3) is 0.0638. The number of rotatable bonds is 4. The van der Waals surface area contributed by atoms with Crippen molar-refractivity contribution in [3.05, 3.63) is 174 Å². The number of nitrogens with zero attached hydrogens (tertiary/aromatic N) is 6. The number of nitriles is 3. The minimum atomic E-state index is -0.229. The summed E-state index contributed by atoms with van der Waals surface area (Å²) in [4.78, 5) is 6.84. The molecule has 1 aliphatic rings. The molecule has 9 rings (SSSR count). The van der Waals surface area contributed by atoms with Crippen molar-refractivity contribution in [1.82, 2.24) is 9.55 Å². The maximum atomic E-state index is 10.3. The van der Waals surface area contributed by atoms with Crippen LogP contribution in [0, 0.1) is 34.0 Å². The Morgan fingerprint density at radius 2 is 1.15 bits per heavy atom. The van der Waals surface area contributed by atoms with Crippen molar-refractivity contribution in [1.29, 1.82) is 15.8 Å². The Hall–Kier alpha value is -7.46. The Morgan fingerprint density at radius 3 is 1.83 bits per heavy atom. The van der Waals surface area contributed by atoms with Gasteiger partial charge < -0.3 is 9.47 Å². The zero-order valence-electron chi connectivity index (χ0n) is 29.0. The van der Waals surface area contributed by atoms with Gasteiger partial charge >= 0.3 is 0 Å². The predicted molar refractivity (Wildman–Crippen MR) is 210 cm³/mol. The third kappa shape index (κ3) is 4.80. The number of para-hydroxylation sites is 3. The number of pyridine rings is 1. The summed E-state index contributed by atoms with van der Waals surface area (Å²) in [5.41, 5.74) is 12.3. The largest absolute Gasteiger partial charge is 0.310 e. The second-order valence-electron chi connectivity index (χ2n) is 13.8. The van der Waals surface area contributed by atoms with Gasteiger partial charge in [-0.05, 0) is 82.4 Å². The van der Waals surface area contributed by atoms with Crippen LogP contribution in [0.5, 0.6) is 0 Å². The zero-order valence-corrected chi connectivity index (χ0v) is 29.0. The van der Waals surface area contributed by atoms with E-state index in [0.29, 0.717) is 5.56 Å². The minimum absolute atomic E-state index is 0.229. The average molecular weight is 679 g/mol. The van der Waals surface area contributed by atoms with Crippen LogP contribution in [-0.2, 0) is 5.41 Å². The van der Waals surface area contributed by atoms with Gasteiger partial charge in [-0.3, -0.25) is 4.98 Å². The summed E-state index contributed by atoms with van der Waals surface area (Å²) >= 11 is 0. The van der Waals surface area contributed by atoms with Gasteiger partial charge in [-0.2, -0.15) is 15.8 Å². The lowest BCUT2D eigenvalue weighted by Crippen LogP contribution is -2.30. The highest BCUT2D eigenvalue weighted by Crippen LogP contribution is 2.52. The first-order valence-electron chi connectivity index (χ1n) is 17.4. The molecule has 0 atom stereocenters. The zero-order chi connectivity index (χ0) is 36.3. The first-order valence-corrected chi connectivity index (χ1v) is 17.4. The third-order valence-electron chi connectivity index (χ3n) is 10.5. The number of anilines is 3. The molecule has 3 heterocycles. The van der Waals surface area contributed by atoms with Crippen LogP contribution < -0.4 is 4.90 Å². The molecule has 0 saturated carbocycles.